The van der Waals surface area contributed by atoms with Gasteiger partial charge in [0.15, 0.2) is 0 Å². The quantitative estimate of drug-likeness (QED) is 0.669. The third-order valence-corrected chi connectivity index (χ3v) is 3.13. The van der Waals surface area contributed by atoms with E-state index in [0.29, 0.717) is 16.8 Å². The molecule has 0 heterocycles. The molecule has 5 nitrogen and oxygen atoms in total. The van der Waals surface area contributed by atoms with Crippen LogP contribution in [0.1, 0.15) is 26.3 Å². The molecule has 0 aliphatic carbocycles. The molecule has 0 spiro atoms. The molecule has 0 aromatic heterocycles. The summed E-state index contributed by atoms with van der Waals surface area (Å²) in [5, 5.41) is 9.07. The third kappa shape index (κ3) is 3.73. The molecule has 0 bridgehead atoms. The molecule has 0 aliphatic rings. The van der Waals surface area contributed by atoms with E-state index in [1.54, 1.807) is 12.1 Å². The van der Waals surface area contributed by atoms with Crippen LogP contribution in [0.5, 0.6) is 0 Å². The van der Waals surface area contributed by atoms with Crippen molar-refractivity contribution in [3.8, 4) is 0 Å². The zero-order valence-corrected chi connectivity index (χ0v) is 11.6. The molecular weight excluding hydrogens is 294 g/mol. The highest BCUT2D eigenvalue weighted by molar-refractivity contribution is 6.33. The van der Waals surface area contributed by atoms with Crippen LogP contribution in [-0.4, -0.2) is 17.0 Å². The zero-order valence-electron chi connectivity index (χ0n) is 10.9. The molecule has 21 heavy (non-hydrogen) atoms. The topological polar surface area (TPSA) is 89.6 Å². The smallest absolute Gasteiger partial charge is 0.338 e. The van der Waals surface area contributed by atoms with E-state index in [2.05, 4.69) is 0 Å². The van der Waals surface area contributed by atoms with Crippen LogP contribution in [0.4, 0.5) is 5.69 Å². The van der Waals surface area contributed by atoms with Crippen molar-refractivity contribution in [1.29, 1.82) is 0 Å². The molecule has 0 radical (unpaired) electrons. The highest BCUT2D eigenvalue weighted by Crippen LogP contribution is 2.20. The van der Waals surface area contributed by atoms with Gasteiger partial charge in [-0.3, -0.25) is 0 Å². The molecular formula is C15H12ClNO4. The Morgan fingerprint density at radius 1 is 1.10 bits per heavy atom. The van der Waals surface area contributed by atoms with E-state index in [-0.39, 0.29) is 17.2 Å². The summed E-state index contributed by atoms with van der Waals surface area (Å²) >= 11 is 5.83. The maximum absolute atomic E-state index is 11.8. The average Bonchev–Trinajstić information content (AvgIpc) is 2.48. The van der Waals surface area contributed by atoms with Crippen molar-refractivity contribution in [2.75, 3.05) is 5.73 Å². The number of carbonyl (C=O) groups excluding carboxylic acids is 1. The molecule has 0 saturated heterocycles. The SMILES string of the molecule is Nc1ccc(C(=O)OCc2ccc(C(=O)O)cc2)cc1Cl. The first-order valence-corrected chi connectivity index (χ1v) is 6.39. The second-order valence-corrected chi connectivity index (χ2v) is 4.72. The predicted molar refractivity (Wildman–Crippen MR) is 78.4 cm³/mol. The van der Waals surface area contributed by atoms with Crippen molar-refractivity contribution in [3.63, 3.8) is 0 Å². The lowest BCUT2D eigenvalue weighted by Crippen LogP contribution is -2.06. The van der Waals surface area contributed by atoms with E-state index in [1.165, 1.54) is 30.3 Å². The number of benzene rings is 2. The lowest BCUT2D eigenvalue weighted by Gasteiger charge is -2.06. The van der Waals surface area contributed by atoms with Crippen molar-refractivity contribution in [3.05, 3.63) is 64.2 Å². The summed E-state index contributed by atoms with van der Waals surface area (Å²) in [7, 11) is 0. The van der Waals surface area contributed by atoms with Gasteiger partial charge in [-0.1, -0.05) is 23.7 Å². The van der Waals surface area contributed by atoms with E-state index in [4.69, 9.17) is 27.2 Å². The van der Waals surface area contributed by atoms with Crippen molar-refractivity contribution in [2.45, 2.75) is 6.61 Å². The van der Waals surface area contributed by atoms with Crippen molar-refractivity contribution < 1.29 is 19.4 Å². The molecule has 0 aliphatic heterocycles. The van der Waals surface area contributed by atoms with Gasteiger partial charge in [-0.15, -0.1) is 0 Å². The monoisotopic (exact) mass is 305 g/mol. The van der Waals surface area contributed by atoms with Gasteiger partial charge in [0.05, 0.1) is 21.8 Å². The van der Waals surface area contributed by atoms with Gasteiger partial charge in [-0.25, -0.2) is 9.59 Å². The number of esters is 1. The van der Waals surface area contributed by atoms with Crippen LogP contribution in [0.25, 0.3) is 0 Å². The Morgan fingerprint density at radius 3 is 2.29 bits per heavy atom. The Hall–Kier alpha value is -2.53. The maximum atomic E-state index is 11.8. The number of halogens is 1. The van der Waals surface area contributed by atoms with E-state index in [9.17, 15) is 9.59 Å². The van der Waals surface area contributed by atoms with E-state index >= 15 is 0 Å². The van der Waals surface area contributed by atoms with Crippen LogP contribution in [0.2, 0.25) is 5.02 Å². The van der Waals surface area contributed by atoms with Crippen molar-refractivity contribution in [2.24, 2.45) is 0 Å². The van der Waals surface area contributed by atoms with Crippen LogP contribution < -0.4 is 5.73 Å². The number of carboxylic acid groups (broad SMARTS) is 1. The van der Waals surface area contributed by atoms with Gasteiger partial charge in [0.1, 0.15) is 6.61 Å². The molecule has 2 aromatic rings. The number of hydrogen-bond donors (Lipinski definition) is 2. The van der Waals surface area contributed by atoms with Gasteiger partial charge < -0.3 is 15.6 Å². The lowest BCUT2D eigenvalue weighted by molar-refractivity contribution is 0.0472. The maximum Gasteiger partial charge on any atom is 0.338 e. The van der Waals surface area contributed by atoms with Gasteiger partial charge in [-0.2, -0.15) is 0 Å². The standard InChI is InChI=1S/C15H12ClNO4/c16-12-7-11(5-6-13(12)17)15(20)21-8-9-1-3-10(4-2-9)14(18)19/h1-7H,8,17H2,(H,18,19). The number of carbonyl (C=O) groups is 2. The summed E-state index contributed by atoms with van der Waals surface area (Å²) in [6.45, 7) is 0.0424. The summed E-state index contributed by atoms with van der Waals surface area (Å²) in [6.07, 6.45) is 0. The fraction of sp³-hybridized carbons (Fsp3) is 0.0667. The number of aromatic carboxylic acids is 1. The summed E-state index contributed by atoms with van der Waals surface area (Å²) in [4.78, 5) is 22.6. The molecule has 108 valence electrons. The number of nitrogens with two attached hydrogens (primary N) is 1. The molecule has 0 fully saturated rings. The van der Waals surface area contributed by atoms with Crippen LogP contribution in [0.15, 0.2) is 42.5 Å². The number of hydrogen-bond acceptors (Lipinski definition) is 4. The normalized spacial score (nSPS) is 10.1. The second kappa shape index (κ2) is 6.28. The van der Waals surface area contributed by atoms with Crippen LogP contribution in [-0.2, 0) is 11.3 Å². The highest BCUT2D eigenvalue weighted by Gasteiger charge is 2.10. The number of rotatable bonds is 4. The van der Waals surface area contributed by atoms with Gasteiger partial charge in [0.25, 0.3) is 0 Å². The minimum absolute atomic E-state index is 0.0424. The highest BCUT2D eigenvalue weighted by atomic mass is 35.5. The van der Waals surface area contributed by atoms with Crippen LogP contribution in [0.3, 0.4) is 0 Å². The Morgan fingerprint density at radius 2 is 1.71 bits per heavy atom. The van der Waals surface area contributed by atoms with E-state index in [1.807, 2.05) is 0 Å². The van der Waals surface area contributed by atoms with Crippen molar-refractivity contribution >= 4 is 29.2 Å². The molecule has 3 N–H and O–H groups in total. The van der Waals surface area contributed by atoms with Crippen LogP contribution in [0, 0.1) is 0 Å². The average molecular weight is 306 g/mol. The first-order chi connectivity index (χ1) is 9.97. The van der Waals surface area contributed by atoms with Crippen LogP contribution >= 0.6 is 11.6 Å². The Kier molecular flexibility index (Phi) is 4.45. The fourth-order valence-corrected chi connectivity index (χ4v) is 1.81. The van der Waals surface area contributed by atoms with Crippen molar-refractivity contribution in [1.82, 2.24) is 0 Å². The number of ether oxygens (including phenoxy) is 1. The van der Waals surface area contributed by atoms with E-state index < -0.39 is 11.9 Å². The lowest BCUT2D eigenvalue weighted by atomic mass is 10.1. The summed E-state index contributed by atoms with van der Waals surface area (Å²) in [6, 6.07) is 10.6. The molecule has 0 atom stereocenters. The summed E-state index contributed by atoms with van der Waals surface area (Å²) < 4.78 is 5.12. The first kappa shape index (κ1) is 14.9. The number of nitrogen functional groups attached to an aromatic ring is 1. The van der Waals surface area contributed by atoms with Gasteiger partial charge in [0.2, 0.25) is 0 Å². The summed E-state index contributed by atoms with van der Waals surface area (Å²) in [5.74, 6) is -1.53. The molecule has 2 rings (SSSR count). The van der Waals surface area contributed by atoms with Gasteiger partial charge in [0, 0.05) is 0 Å². The number of carboxylic acids is 1. The zero-order chi connectivity index (χ0) is 15.4. The Labute approximate surface area is 125 Å². The molecule has 0 unspecified atom stereocenters. The molecule has 0 amide bonds. The Bertz CT molecular complexity index is 683. The predicted octanol–water partition coefficient (Wildman–Crippen LogP) is 2.98. The second-order valence-electron chi connectivity index (χ2n) is 4.31. The molecule has 0 saturated carbocycles. The molecule has 6 heteroatoms. The fourth-order valence-electron chi connectivity index (χ4n) is 1.63. The third-order valence-electron chi connectivity index (χ3n) is 2.81. The summed E-state index contributed by atoms with van der Waals surface area (Å²) in [5.41, 5.74) is 7.12. The first-order valence-electron chi connectivity index (χ1n) is 6.02. The number of anilines is 1. The largest absolute Gasteiger partial charge is 0.478 e. The van der Waals surface area contributed by atoms with Gasteiger partial charge in [-0.05, 0) is 35.9 Å². The van der Waals surface area contributed by atoms with E-state index in [0.717, 1.165) is 0 Å². The minimum atomic E-state index is -1.00. The molecule has 2 aromatic carbocycles. The minimum Gasteiger partial charge on any atom is -0.478 e. The van der Waals surface area contributed by atoms with Gasteiger partial charge >= 0.3 is 11.9 Å². The Balaban J connectivity index is 2.00.